The van der Waals surface area contributed by atoms with Gasteiger partial charge in [0.15, 0.2) is 5.78 Å². The molecule has 0 N–H and O–H groups in total. The molecule has 0 spiro atoms. The lowest BCUT2D eigenvalue weighted by Gasteiger charge is -2.14. The van der Waals surface area contributed by atoms with Gasteiger partial charge in [-0.2, -0.15) is 0 Å². The molecule has 0 amide bonds. The summed E-state index contributed by atoms with van der Waals surface area (Å²) in [4.78, 5) is 11.7. The van der Waals surface area contributed by atoms with Crippen LogP contribution in [0.25, 0.3) is 0 Å². The van der Waals surface area contributed by atoms with Gasteiger partial charge in [0.1, 0.15) is 11.9 Å². The first-order valence-corrected chi connectivity index (χ1v) is 4.77. The van der Waals surface area contributed by atoms with Crippen molar-refractivity contribution in [3.63, 3.8) is 0 Å². The average molecular weight is 248 g/mol. The minimum atomic E-state index is -4.83. The number of para-hydroxylation sites is 1. The van der Waals surface area contributed by atoms with Gasteiger partial charge < -0.3 is 9.47 Å². The monoisotopic (exact) mass is 248 g/mol. The van der Waals surface area contributed by atoms with Crippen molar-refractivity contribution in [1.82, 2.24) is 0 Å². The fourth-order valence-corrected chi connectivity index (χ4v) is 1.21. The number of hydrogen-bond donors (Lipinski definition) is 0. The largest absolute Gasteiger partial charge is 0.573 e. The molecule has 0 aromatic heterocycles. The van der Waals surface area contributed by atoms with Crippen LogP contribution in [0.15, 0.2) is 24.3 Å². The maximum atomic E-state index is 12.1. The van der Waals surface area contributed by atoms with E-state index in [1.54, 1.807) is 0 Å². The van der Waals surface area contributed by atoms with Gasteiger partial charge in [-0.15, -0.1) is 13.2 Å². The van der Waals surface area contributed by atoms with Crippen LogP contribution < -0.4 is 4.74 Å². The number of alkyl halides is 3. The van der Waals surface area contributed by atoms with Crippen LogP contribution in [-0.4, -0.2) is 25.4 Å². The van der Waals surface area contributed by atoms with Crippen LogP contribution >= 0.6 is 0 Å². The second-order valence-electron chi connectivity index (χ2n) is 3.29. The molecule has 6 heteroatoms. The number of rotatable bonds is 4. The van der Waals surface area contributed by atoms with Crippen molar-refractivity contribution in [2.75, 3.05) is 7.11 Å². The summed E-state index contributed by atoms with van der Waals surface area (Å²) in [6.45, 7) is 1.45. The van der Waals surface area contributed by atoms with Crippen molar-refractivity contribution in [3.8, 4) is 5.75 Å². The van der Waals surface area contributed by atoms with E-state index in [4.69, 9.17) is 4.74 Å². The first kappa shape index (κ1) is 13.5. The number of carbonyl (C=O) groups excluding carboxylic acids is 1. The van der Waals surface area contributed by atoms with Crippen molar-refractivity contribution in [2.45, 2.75) is 19.4 Å². The summed E-state index contributed by atoms with van der Waals surface area (Å²) >= 11 is 0. The Morgan fingerprint density at radius 1 is 1.29 bits per heavy atom. The van der Waals surface area contributed by atoms with Crippen LogP contribution in [-0.2, 0) is 4.74 Å². The van der Waals surface area contributed by atoms with E-state index in [-0.39, 0.29) is 5.56 Å². The van der Waals surface area contributed by atoms with Crippen molar-refractivity contribution in [2.24, 2.45) is 0 Å². The SMILES string of the molecule is COC(C)C(=O)c1ccccc1OC(F)(F)F. The molecule has 1 unspecified atom stereocenters. The standard InChI is InChI=1S/C11H11F3O3/c1-7(16-2)10(15)8-5-3-4-6-9(8)17-11(12,13)14/h3-7H,1-2H3. The van der Waals surface area contributed by atoms with Crippen molar-refractivity contribution in [1.29, 1.82) is 0 Å². The molecule has 0 saturated heterocycles. The smallest absolute Gasteiger partial charge is 0.405 e. The molecule has 0 aliphatic carbocycles. The van der Waals surface area contributed by atoms with Gasteiger partial charge in [-0.25, -0.2) is 0 Å². The van der Waals surface area contributed by atoms with Crippen LogP contribution in [0.4, 0.5) is 13.2 Å². The van der Waals surface area contributed by atoms with E-state index in [0.29, 0.717) is 0 Å². The molecule has 0 aliphatic heterocycles. The maximum Gasteiger partial charge on any atom is 0.573 e. The molecule has 17 heavy (non-hydrogen) atoms. The molecule has 0 bridgehead atoms. The van der Waals surface area contributed by atoms with Crippen LogP contribution in [0.1, 0.15) is 17.3 Å². The molecule has 1 rings (SSSR count). The number of Topliss-reactive ketones (excluding diaryl/α,β-unsaturated/α-hetero) is 1. The molecule has 94 valence electrons. The number of ketones is 1. The predicted octanol–water partition coefficient (Wildman–Crippen LogP) is 2.80. The Bertz CT molecular complexity index is 401. The van der Waals surface area contributed by atoms with E-state index in [0.717, 1.165) is 6.07 Å². The van der Waals surface area contributed by atoms with Gasteiger partial charge in [-0.3, -0.25) is 4.79 Å². The molecule has 0 fully saturated rings. The van der Waals surface area contributed by atoms with Crippen molar-refractivity contribution < 1.29 is 27.4 Å². The van der Waals surface area contributed by atoms with E-state index < -0.39 is 24.0 Å². The van der Waals surface area contributed by atoms with Gasteiger partial charge in [0.2, 0.25) is 0 Å². The highest BCUT2D eigenvalue weighted by molar-refractivity contribution is 6.01. The summed E-state index contributed by atoms with van der Waals surface area (Å²) < 4.78 is 44.8. The highest BCUT2D eigenvalue weighted by atomic mass is 19.4. The summed E-state index contributed by atoms with van der Waals surface area (Å²) in [7, 11) is 1.30. The molecule has 0 aliphatic rings. The van der Waals surface area contributed by atoms with E-state index in [1.165, 1.54) is 32.2 Å². The molecular formula is C11H11F3O3. The van der Waals surface area contributed by atoms with Gasteiger partial charge in [0, 0.05) is 7.11 Å². The molecule has 0 heterocycles. The van der Waals surface area contributed by atoms with Crippen molar-refractivity contribution >= 4 is 5.78 Å². The fourth-order valence-electron chi connectivity index (χ4n) is 1.21. The summed E-state index contributed by atoms with van der Waals surface area (Å²) in [5, 5.41) is 0. The maximum absolute atomic E-state index is 12.1. The van der Waals surface area contributed by atoms with Gasteiger partial charge in [0.25, 0.3) is 0 Å². The first-order chi connectivity index (χ1) is 7.85. The fraction of sp³-hybridized carbons (Fsp3) is 0.364. The lowest BCUT2D eigenvalue weighted by atomic mass is 10.1. The third-order valence-corrected chi connectivity index (χ3v) is 2.10. The van der Waals surface area contributed by atoms with E-state index in [2.05, 4.69) is 4.74 Å². The summed E-state index contributed by atoms with van der Waals surface area (Å²) in [6, 6.07) is 5.16. The molecule has 1 aromatic rings. The quantitative estimate of drug-likeness (QED) is 0.768. The third-order valence-electron chi connectivity index (χ3n) is 2.10. The Kier molecular flexibility index (Phi) is 4.11. The first-order valence-electron chi connectivity index (χ1n) is 4.77. The zero-order chi connectivity index (χ0) is 13.1. The van der Waals surface area contributed by atoms with Crippen LogP contribution in [0.3, 0.4) is 0 Å². The molecule has 1 atom stereocenters. The van der Waals surface area contributed by atoms with E-state index >= 15 is 0 Å². The van der Waals surface area contributed by atoms with Gasteiger partial charge in [0.05, 0.1) is 5.56 Å². The van der Waals surface area contributed by atoms with Gasteiger partial charge >= 0.3 is 6.36 Å². The zero-order valence-electron chi connectivity index (χ0n) is 9.25. The molecule has 0 saturated carbocycles. The Labute approximate surface area is 96.1 Å². The minimum Gasteiger partial charge on any atom is -0.405 e. The molecular weight excluding hydrogens is 237 g/mol. The van der Waals surface area contributed by atoms with E-state index in [9.17, 15) is 18.0 Å². The Morgan fingerprint density at radius 3 is 2.41 bits per heavy atom. The molecule has 3 nitrogen and oxygen atoms in total. The highest BCUT2D eigenvalue weighted by Crippen LogP contribution is 2.27. The van der Waals surface area contributed by atoms with Gasteiger partial charge in [-0.1, -0.05) is 12.1 Å². The Hall–Kier alpha value is -1.56. The predicted molar refractivity (Wildman–Crippen MR) is 53.9 cm³/mol. The lowest BCUT2D eigenvalue weighted by molar-refractivity contribution is -0.274. The highest BCUT2D eigenvalue weighted by Gasteiger charge is 2.33. The number of halogens is 3. The van der Waals surface area contributed by atoms with Crippen molar-refractivity contribution in [3.05, 3.63) is 29.8 Å². The third kappa shape index (κ3) is 3.74. The average Bonchev–Trinajstić information content (AvgIpc) is 2.25. The van der Waals surface area contributed by atoms with Crippen LogP contribution in [0, 0.1) is 0 Å². The minimum absolute atomic E-state index is 0.154. The Morgan fingerprint density at radius 2 is 1.88 bits per heavy atom. The number of methoxy groups -OCH3 is 1. The van der Waals surface area contributed by atoms with E-state index in [1.807, 2.05) is 0 Å². The summed E-state index contributed by atoms with van der Waals surface area (Å²) in [5.74, 6) is -1.08. The zero-order valence-corrected chi connectivity index (χ0v) is 9.25. The number of benzene rings is 1. The second kappa shape index (κ2) is 5.18. The summed E-state index contributed by atoms with van der Waals surface area (Å²) in [5.41, 5.74) is -0.154. The lowest BCUT2D eigenvalue weighted by Crippen LogP contribution is -2.23. The van der Waals surface area contributed by atoms with Gasteiger partial charge in [-0.05, 0) is 19.1 Å². The molecule has 1 aromatic carbocycles. The topological polar surface area (TPSA) is 35.5 Å². The second-order valence-corrected chi connectivity index (χ2v) is 3.29. The number of ether oxygens (including phenoxy) is 2. The van der Waals surface area contributed by atoms with Crippen LogP contribution in [0.2, 0.25) is 0 Å². The summed E-state index contributed by atoms with van der Waals surface area (Å²) in [6.07, 6.45) is -5.65. The van der Waals surface area contributed by atoms with Crippen LogP contribution in [0.5, 0.6) is 5.75 Å². The molecule has 0 radical (unpaired) electrons. The normalized spacial score (nSPS) is 13.2. The number of hydrogen-bond acceptors (Lipinski definition) is 3. The Balaban J connectivity index is 3.04. The number of carbonyl (C=O) groups is 1.